The molecule has 2 aromatic rings. The molecule has 1 aliphatic carbocycles. The lowest BCUT2D eigenvalue weighted by Gasteiger charge is -2.13. The van der Waals surface area contributed by atoms with Gasteiger partial charge in [-0.15, -0.1) is 0 Å². The minimum atomic E-state index is -1.40. The fourth-order valence-electron chi connectivity index (χ4n) is 3.59. The second-order valence-corrected chi connectivity index (χ2v) is 7.52. The molecule has 0 unspecified atom stereocenters. The second kappa shape index (κ2) is 9.92. The molecule has 1 saturated carbocycles. The van der Waals surface area contributed by atoms with Gasteiger partial charge in [0.05, 0.1) is 11.7 Å². The summed E-state index contributed by atoms with van der Waals surface area (Å²) < 4.78 is 5.84. The molecule has 0 heterocycles. The van der Waals surface area contributed by atoms with Gasteiger partial charge in [-0.3, -0.25) is 4.79 Å². The lowest BCUT2D eigenvalue weighted by molar-refractivity contribution is -0.299. The van der Waals surface area contributed by atoms with Gasteiger partial charge in [0.15, 0.2) is 0 Å². The maximum absolute atomic E-state index is 12.1. The van der Waals surface area contributed by atoms with Crippen LogP contribution in [0.15, 0.2) is 54.2 Å². The summed E-state index contributed by atoms with van der Waals surface area (Å²) in [7, 11) is 0. The van der Waals surface area contributed by atoms with Gasteiger partial charge in [-0.25, -0.2) is 0 Å². The van der Waals surface area contributed by atoms with Crippen molar-refractivity contribution in [3.8, 4) is 11.5 Å². The average Bonchev–Trinajstić information content (AvgIpc) is 3.23. The normalized spacial score (nSPS) is 14.6. The van der Waals surface area contributed by atoms with Crippen molar-refractivity contribution in [1.29, 1.82) is 0 Å². The molecule has 0 saturated heterocycles. The predicted molar refractivity (Wildman–Crippen MR) is 110 cm³/mol. The zero-order valence-corrected chi connectivity index (χ0v) is 16.6. The Kier molecular flexibility index (Phi) is 7.06. The lowest BCUT2D eigenvalue weighted by Crippen LogP contribution is -2.35. The predicted octanol–water partition coefficient (Wildman–Crippen LogP) is 3.96. The number of hydrogen-bond donors (Lipinski definition) is 1. The Bertz CT molecular complexity index is 880. The first-order chi connectivity index (χ1) is 14.0. The Morgan fingerprint density at radius 2 is 1.79 bits per heavy atom. The molecule has 29 heavy (non-hydrogen) atoms. The number of rotatable bonds is 8. The highest BCUT2D eigenvalue weighted by molar-refractivity contribution is 5.95. The van der Waals surface area contributed by atoms with E-state index >= 15 is 0 Å². The van der Waals surface area contributed by atoms with Gasteiger partial charge in [-0.2, -0.15) is 0 Å². The molecule has 5 nitrogen and oxygen atoms in total. The van der Waals surface area contributed by atoms with Crippen LogP contribution in [-0.2, 0) is 9.59 Å². The molecule has 3 rings (SSSR count). The summed E-state index contributed by atoms with van der Waals surface area (Å²) in [6, 6.07) is 14.7. The second-order valence-electron chi connectivity index (χ2n) is 7.52. The fraction of sp³-hybridized carbons (Fsp3) is 0.333. The van der Waals surface area contributed by atoms with Crippen molar-refractivity contribution >= 4 is 18.0 Å². The summed E-state index contributed by atoms with van der Waals surface area (Å²) in [5.41, 5.74) is 1.43. The first kappa shape index (κ1) is 20.6. The van der Waals surface area contributed by atoms with Crippen molar-refractivity contribution in [2.24, 2.45) is 5.92 Å². The minimum absolute atomic E-state index is 0.228. The number of aliphatic carboxylic acids is 1. The number of amides is 1. The minimum Gasteiger partial charge on any atom is -0.543 e. The number of carbonyl (C=O) groups excluding carboxylic acids is 2. The smallest absolute Gasteiger partial charge is 0.224 e. The third-order valence-electron chi connectivity index (χ3n) is 5.26. The summed E-state index contributed by atoms with van der Waals surface area (Å²) in [5, 5.41) is 13.9. The van der Waals surface area contributed by atoms with E-state index < -0.39 is 5.97 Å². The SMILES string of the molecule is Cc1ccccc1Oc1ccc(/C=C(\NC(=O)CCC2CCCC2)C(=O)[O-])cc1. The fourth-order valence-corrected chi connectivity index (χ4v) is 3.59. The van der Waals surface area contributed by atoms with Crippen molar-refractivity contribution in [3.05, 3.63) is 65.4 Å². The molecule has 5 heteroatoms. The number of aryl methyl sites for hydroxylation is 1. The molecule has 1 N–H and O–H groups in total. The van der Waals surface area contributed by atoms with Crippen LogP contribution in [0.5, 0.6) is 11.5 Å². The maximum atomic E-state index is 12.1. The largest absolute Gasteiger partial charge is 0.543 e. The summed E-state index contributed by atoms with van der Waals surface area (Å²) in [5.74, 6) is 0.302. The maximum Gasteiger partial charge on any atom is 0.224 e. The van der Waals surface area contributed by atoms with Crippen LogP contribution in [0.1, 0.15) is 49.7 Å². The van der Waals surface area contributed by atoms with Gasteiger partial charge in [0.25, 0.3) is 0 Å². The Morgan fingerprint density at radius 3 is 2.45 bits per heavy atom. The van der Waals surface area contributed by atoms with Gasteiger partial charge in [0.2, 0.25) is 5.91 Å². The first-order valence-corrected chi connectivity index (χ1v) is 10.1. The van der Waals surface area contributed by atoms with Crippen LogP contribution in [0.4, 0.5) is 0 Å². The van der Waals surface area contributed by atoms with Crippen molar-refractivity contribution in [2.45, 2.75) is 45.4 Å². The van der Waals surface area contributed by atoms with Gasteiger partial charge in [-0.1, -0.05) is 56.0 Å². The highest BCUT2D eigenvalue weighted by atomic mass is 16.5. The average molecular weight is 392 g/mol. The third kappa shape index (κ3) is 6.21. The van der Waals surface area contributed by atoms with Crippen LogP contribution in [-0.4, -0.2) is 11.9 Å². The molecular weight excluding hydrogens is 366 g/mol. The quantitative estimate of drug-likeness (QED) is 0.690. The van der Waals surface area contributed by atoms with Crippen LogP contribution in [0.25, 0.3) is 6.08 Å². The van der Waals surface area contributed by atoms with Crippen LogP contribution in [0.3, 0.4) is 0 Å². The van der Waals surface area contributed by atoms with Gasteiger partial charge in [0, 0.05) is 6.42 Å². The van der Waals surface area contributed by atoms with E-state index in [2.05, 4.69) is 5.32 Å². The molecule has 0 spiro atoms. The molecule has 152 valence electrons. The summed E-state index contributed by atoms with van der Waals surface area (Å²) in [4.78, 5) is 23.6. The summed E-state index contributed by atoms with van der Waals surface area (Å²) in [6.45, 7) is 1.97. The van der Waals surface area contributed by atoms with Crippen molar-refractivity contribution in [2.75, 3.05) is 0 Å². The van der Waals surface area contributed by atoms with Gasteiger partial charge in [-0.05, 0) is 54.7 Å². The Labute approximate surface area is 171 Å². The van der Waals surface area contributed by atoms with Gasteiger partial charge >= 0.3 is 0 Å². The van der Waals surface area contributed by atoms with E-state index in [0.717, 1.165) is 30.6 Å². The van der Waals surface area contributed by atoms with Crippen LogP contribution < -0.4 is 15.2 Å². The van der Waals surface area contributed by atoms with E-state index in [0.29, 0.717) is 23.7 Å². The van der Waals surface area contributed by atoms with Crippen LogP contribution in [0.2, 0.25) is 0 Å². The van der Waals surface area contributed by atoms with E-state index in [1.807, 2.05) is 31.2 Å². The number of ether oxygens (including phenoxy) is 1. The molecule has 0 aliphatic heterocycles. The standard InChI is InChI=1S/C24H27NO4/c1-17-6-2-5-9-22(17)29-20-13-10-19(11-14-20)16-21(24(27)28)25-23(26)15-12-18-7-3-4-8-18/h2,5-6,9-11,13-14,16,18H,3-4,7-8,12,15H2,1H3,(H,25,26)(H,27,28)/p-1/b21-16-. The molecule has 0 aromatic heterocycles. The number of benzene rings is 2. The van der Waals surface area contributed by atoms with E-state index in [1.165, 1.54) is 18.9 Å². The molecule has 1 aliphatic rings. The number of carboxylic acids is 1. The Balaban J connectivity index is 1.61. The molecule has 1 amide bonds. The zero-order valence-electron chi connectivity index (χ0n) is 16.6. The van der Waals surface area contributed by atoms with E-state index in [4.69, 9.17) is 4.74 Å². The number of carbonyl (C=O) groups is 2. The Hall–Kier alpha value is -3.08. The molecule has 0 atom stereocenters. The molecule has 2 aromatic carbocycles. The number of nitrogens with one attached hydrogen (secondary N) is 1. The number of hydrogen-bond acceptors (Lipinski definition) is 4. The molecule has 0 radical (unpaired) electrons. The molecular formula is C24H26NO4-. The third-order valence-corrected chi connectivity index (χ3v) is 5.26. The number of para-hydroxylation sites is 1. The molecule has 1 fully saturated rings. The topological polar surface area (TPSA) is 78.5 Å². The van der Waals surface area contributed by atoms with Crippen LogP contribution >= 0.6 is 0 Å². The number of carboxylic acid groups (broad SMARTS) is 1. The van der Waals surface area contributed by atoms with E-state index in [-0.39, 0.29) is 11.6 Å². The monoisotopic (exact) mass is 392 g/mol. The van der Waals surface area contributed by atoms with Crippen molar-refractivity contribution < 1.29 is 19.4 Å². The summed E-state index contributed by atoms with van der Waals surface area (Å²) >= 11 is 0. The van der Waals surface area contributed by atoms with Crippen molar-refractivity contribution in [3.63, 3.8) is 0 Å². The van der Waals surface area contributed by atoms with E-state index in [1.54, 1.807) is 24.3 Å². The molecule has 0 bridgehead atoms. The highest BCUT2D eigenvalue weighted by Crippen LogP contribution is 2.28. The zero-order chi connectivity index (χ0) is 20.6. The van der Waals surface area contributed by atoms with Gasteiger partial charge in [0.1, 0.15) is 11.5 Å². The lowest BCUT2D eigenvalue weighted by atomic mass is 10.0. The van der Waals surface area contributed by atoms with Crippen molar-refractivity contribution in [1.82, 2.24) is 5.32 Å². The first-order valence-electron chi connectivity index (χ1n) is 10.1. The van der Waals surface area contributed by atoms with Crippen LogP contribution in [0, 0.1) is 12.8 Å². The Morgan fingerprint density at radius 1 is 1.10 bits per heavy atom. The summed E-state index contributed by atoms with van der Waals surface area (Å²) in [6.07, 6.45) is 7.30. The highest BCUT2D eigenvalue weighted by Gasteiger charge is 2.16. The van der Waals surface area contributed by atoms with E-state index in [9.17, 15) is 14.7 Å². The van der Waals surface area contributed by atoms with Gasteiger partial charge < -0.3 is 20.0 Å².